The van der Waals surface area contributed by atoms with Crippen molar-refractivity contribution in [2.45, 2.75) is 24.9 Å². The van der Waals surface area contributed by atoms with Crippen LogP contribution in [0.25, 0.3) is 0 Å². The van der Waals surface area contributed by atoms with Gasteiger partial charge in [-0.2, -0.15) is 0 Å². The summed E-state index contributed by atoms with van der Waals surface area (Å²) in [5.74, 6) is -0.557. The van der Waals surface area contributed by atoms with Crippen LogP contribution in [0.3, 0.4) is 0 Å². The number of ether oxygens (including phenoxy) is 2. The van der Waals surface area contributed by atoms with E-state index < -0.39 is 17.9 Å². The first-order chi connectivity index (χ1) is 13.9. The number of methoxy groups -OCH3 is 2. The monoisotopic (exact) mass is 415 g/mol. The molecule has 0 radical (unpaired) electrons. The summed E-state index contributed by atoms with van der Waals surface area (Å²) >= 11 is 1.41. The quantitative estimate of drug-likeness (QED) is 0.436. The second kappa shape index (κ2) is 8.52. The van der Waals surface area contributed by atoms with Gasteiger partial charge in [-0.25, -0.2) is 14.6 Å². The highest BCUT2D eigenvalue weighted by molar-refractivity contribution is 7.99. The first kappa shape index (κ1) is 20.7. The Morgan fingerprint density at radius 2 is 1.79 bits per heavy atom. The number of hydrogen-bond acceptors (Lipinski definition) is 8. The predicted molar refractivity (Wildman–Crippen MR) is 109 cm³/mol. The van der Waals surface area contributed by atoms with Gasteiger partial charge in [0.1, 0.15) is 5.82 Å². The van der Waals surface area contributed by atoms with Crippen LogP contribution in [0.2, 0.25) is 0 Å². The zero-order valence-electron chi connectivity index (χ0n) is 16.5. The van der Waals surface area contributed by atoms with Gasteiger partial charge in [-0.3, -0.25) is 4.79 Å². The van der Waals surface area contributed by atoms with E-state index in [1.54, 1.807) is 31.2 Å². The number of aromatic amines is 1. The number of benzene rings is 1. The third kappa shape index (κ3) is 3.91. The van der Waals surface area contributed by atoms with Crippen LogP contribution in [0, 0.1) is 0 Å². The zero-order valence-corrected chi connectivity index (χ0v) is 17.3. The second-order valence-electron chi connectivity index (χ2n) is 6.27. The van der Waals surface area contributed by atoms with E-state index in [2.05, 4.69) is 15.3 Å². The molecule has 2 aromatic rings. The van der Waals surface area contributed by atoms with Crippen molar-refractivity contribution in [3.8, 4) is 0 Å². The number of thioether (sulfide) groups is 1. The highest BCUT2D eigenvalue weighted by Crippen LogP contribution is 2.40. The minimum Gasteiger partial charge on any atom is -0.466 e. The summed E-state index contributed by atoms with van der Waals surface area (Å²) in [4.78, 5) is 44.5. The number of esters is 2. The first-order valence-electron chi connectivity index (χ1n) is 8.92. The van der Waals surface area contributed by atoms with E-state index in [4.69, 9.17) is 9.47 Å². The molecule has 1 aliphatic heterocycles. The maximum atomic E-state index is 12.9. The van der Waals surface area contributed by atoms with Crippen LogP contribution in [0.5, 0.6) is 0 Å². The Hall–Kier alpha value is -3.07. The Labute approximate surface area is 171 Å². The lowest BCUT2D eigenvalue weighted by Crippen LogP contribution is -2.31. The molecule has 0 fully saturated rings. The van der Waals surface area contributed by atoms with Crippen LogP contribution in [0.4, 0.5) is 5.82 Å². The molecule has 2 N–H and O–H groups in total. The Morgan fingerprint density at radius 3 is 2.38 bits per heavy atom. The van der Waals surface area contributed by atoms with Gasteiger partial charge in [0.2, 0.25) is 0 Å². The first-order valence-corrected chi connectivity index (χ1v) is 9.91. The summed E-state index contributed by atoms with van der Waals surface area (Å²) in [6.45, 7) is 3.70. The summed E-state index contributed by atoms with van der Waals surface area (Å²) in [5, 5.41) is 3.56. The van der Waals surface area contributed by atoms with Gasteiger partial charge in [0.15, 0.2) is 5.16 Å². The molecule has 0 amide bonds. The molecule has 1 aromatic heterocycles. The fourth-order valence-corrected chi connectivity index (χ4v) is 3.87. The SMILES string of the molecule is CCSc1nc2c(c(=O)[nH]1)[C@@H](c1ccc(C(=O)OC)cc1)C(C(=O)OC)=C(C)N2. The predicted octanol–water partition coefficient (Wildman–Crippen LogP) is 2.67. The molecular formula is C20H21N3O5S. The van der Waals surface area contributed by atoms with E-state index >= 15 is 0 Å². The van der Waals surface area contributed by atoms with Crippen LogP contribution < -0.4 is 10.9 Å². The number of carbonyl (C=O) groups is 2. The van der Waals surface area contributed by atoms with Gasteiger partial charge in [-0.05, 0) is 30.4 Å². The topological polar surface area (TPSA) is 110 Å². The maximum absolute atomic E-state index is 12.9. The molecular weight excluding hydrogens is 394 g/mol. The van der Waals surface area contributed by atoms with Crippen molar-refractivity contribution >= 4 is 29.5 Å². The van der Waals surface area contributed by atoms with Crippen molar-refractivity contribution in [3.05, 3.63) is 62.6 Å². The normalized spacial score (nSPS) is 15.4. The Morgan fingerprint density at radius 1 is 1.14 bits per heavy atom. The van der Waals surface area contributed by atoms with Crippen molar-refractivity contribution in [3.63, 3.8) is 0 Å². The van der Waals surface area contributed by atoms with Crippen LogP contribution in [-0.4, -0.2) is 41.9 Å². The Balaban J connectivity index is 2.20. The third-order valence-corrected chi connectivity index (χ3v) is 5.33. The summed E-state index contributed by atoms with van der Waals surface area (Å²) in [5.41, 5.74) is 1.87. The van der Waals surface area contributed by atoms with Gasteiger partial charge in [-0.1, -0.05) is 30.8 Å². The van der Waals surface area contributed by atoms with Crippen molar-refractivity contribution in [1.29, 1.82) is 0 Å². The molecule has 0 spiro atoms. The standard InChI is InChI=1S/C20H21N3O5S/c1-5-29-20-22-16-15(17(24)23-20)14(13(10(2)21-16)19(26)28-4)11-6-8-12(9-7-11)18(25)27-3/h6-9,14H,5H2,1-4H3,(H2,21,22,23,24)/t14-/m0/s1. The fraction of sp³-hybridized carbons (Fsp3) is 0.300. The second-order valence-corrected chi connectivity index (χ2v) is 7.52. The minimum atomic E-state index is -0.692. The largest absolute Gasteiger partial charge is 0.466 e. The van der Waals surface area contributed by atoms with Crippen LogP contribution in [0.1, 0.15) is 41.3 Å². The highest BCUT2D eigenvalue weighted by atomic mass is 32.2. The summed E-state index contributed by atoms with van der Waals surface area (Å²) in [6, 6.07) is 6.57. The minimum absolute atomic E-state index is 0.314. The molecule has 0 aliphatic carbocycles. The van der Waals surface area contributed by atoms with Crippen molar-refractivity contribution in [1.82, 2.24) is 9.97 Å². The number of H-pyrrole nitrogens is 1. The smallest absolute Gasteiger partial charge is 0.337 e. The molecule has 152 valence electrons. The van der Waals surface area contributed by atoms with Crippen molar-refractivity contribution in [2.75, 3.05) is 25.3 Å². The van der Waals surface area contributed by atoms with E-state index in [0.29, 0.717) is 38.9 Å². The molecule has 0 saturated carbocycles. The van der Waals surface area contributed by atoms with Crippen LogP contribution in [0.15, 0.2) is 45.5 Å². The number of nitrogens with one attached hydrogen (secondary N) is 2. The lowest BCUT2D eigenvalue weighted by atomic mass is 9.82. The number of fused-ring (bicyclic) bond motifs is 1. The van der Waals surface area contributed by atoms with Gasteiger partial charge in [0, 0.05) is 5.70 Å². The number of allylic oxidation sites excluding steroid dienone is 1. The van der Waals surface area contributed by atoms with E-state index in [-0.39, 0.29) is 5.56 Å². The molecule has 0 unspecified atom stereocenters. The number of hydrogen-bond donors (Lipinski definition) is 2. The molecule has 1 atom stereocenters. The molecule has 29 heavy (non-hydrogen) atoms. The lowest BCUT2D eigenvalue weighted by Gasteiger charge is -2.28. The summed E-state index contributed by atoms with van der Waals surface area (Å²) in [6.07, 6.45) is 0. The average molecular weight is 415 g/mol. The molecule has 2 heterocycles. The molecule has 9 heteroatoms. The number of rotatable bonds is 5. The van der Waals surface area contributed by atoms with Gasteiger partial charge in [0.05, 0.1) is 36.8 Å². The highest BCUT2D eigenvalue weighted by Gasteiger charge is 2.36. The van der Waals surface area contributed by atoms with Crippen LogP contribution in [-0.2, 0) is 14.3 Å². The van der Waals surface area contributed by atoms with Gasteiger partial charge in [-0.15, -0.1) is 0 Å². The molecule has 1 aliphatic rings. The van der Waals surface area contributed by atoms with E-state index in [1.807, 2.05) is 6.92 Å². The third-order valence-electron chi connectivity index (χ3n) is 4.57. The van der Waals surface area contributed by atoms with Crippen LogP contribution >= 0.6 is 11.8 Å². The maximum Gasteiger partial charge on any atom is 0.337 e. The molecule has 0 saturated heterocycles. The van der Waals surface area contributed by atoms with E-state index in [9.17, 15) is 14.4 Å². The average Bonchev–Trinajstić information content (AvgIpc) is 2.72. The Bertz CT molecular complexity index is 1040. The van der Waals surface area contributed by atoms with Crippen molar-refractivity contribution < 1.29 is 19.1 Å². The van der Waals surface area contributed by atoms with E-state index in [1.165, 1.54) is 26.0 Å². The van der Waals surface area contributed by atoms with E-state index in [0.717, 1.165) is 5.75 Å². The van der Waals surface area contributed by atoms with Gasteiger partial charge >= 0.3 is 11.9 Å². The number of anilines is 1. The molecule has 1 aromatic carbocycles. The molecule has 3 rings (SSSR count). The zero-order chi connectivity index (χ0) is 21.1. The fourth-order valence-electron chi connectivity index (χ4n) is 3.28. The molecule has 8 nitrogen and oxygen atoms in total. The Kier molecular flexibility index (Phi) is 6.07. The summed E-state index contributed by atoms with van der Waals surface area (Å²) in [7, 11) is 2.59. The van der Waals surface area contributed by atoms with Gasteiger partial charge in [0.25, 0.3) is 5.56 Å². The van der Waals surface area contributed by atoms with Crippen molar-refractivity contribution in [2.24, 2.45) is 0 Å². The number of aromatic nitrogens is 2. The lowest BCUT2D eigenvalue weighted by molar-refractivity contribution is -0.136. The molecule has 0 bridgehead atoms. The van der Waals surface area contributed by atoms with Gasteiger partial charge < -0.3 is 19.8 Å². The number of carbonyl (C=O) groups excluding carboxylic acids is 2. The summed E-state index contributed by atoms with van der Waals surface area (Å²) < 4.78 is 9.69. The number of nitrogens with zero attached hydrogens (tertiary/aromatic N) is 1.